The van der Waals surface area contributed by atoms with E-state index in [0.29, 0.717) is 0 Å². The third-order valence-corrected chi connectivity index (χ3v) is 11.5. The first-order valence-electron chi connectivity index (χ1n) is 6.13. The van der Waals surface area contributed by atoms with E-state index in [4.69, 9.17) is 2.85 Å². The van der Waals surface area contributed by atoms with Crippen LogP contribution in [0.25, 0.3) is 0 Å². The maximum atomic E-state index is 6.25. The molecule has 0 unspecified atom stereocenters. The molecule has 0 aromatic carbocycles. The maximum absolute atomic E-state index is 6.25. The average Bonchev–Trinajstić information content (AvgIpc) is 2.97. The zero-order valence-electron chi connectivity index (χ0n) is 10.3. The molecule has 0 atom stereocenters. The summed E-state index contributed by atoms with van der Waals surface area (Å²) in [5.41, 5.74) is 0. The van der Waals surface area contributed by atoms with Gasteiger partial charge >= 0.3 is 107 Å². The van der Waals surface area contributed by atoms with E-state index in [1.165, 1.54) is 12.8 Å². The Hall–Kier alpha value is 0.0801. The van der Waals surface area contributed by atoms with Crippen LogP contribution in [0.15, 0.2) is 43.1 Å². The van der Waals surface area contributed by atoms with Gasteiger partial charge in [-0.2, -0.15) is 0 Å². The van der Waals surface area contributed by atoms with Gasteiger partial charge in [-0.15, -0.1) is 0 Å². The second kappa shape index (κ2) is 8.23. The summed E-state index contributed by atoms with van der Waals surface area (Å²) < 4.78 is 9.49. The first-order chi connectivity index (χ1) is 7.92. The smallest absolute Gasteiger partial charge is 1.00 e. The van der Waals surface area contributed by atoms with Crippen molar-refractivity contribution in [2.45, 2.75) is 32.6 Å². The standard InChI is InChI=1S/2C5H5.C4H9O.ClH.Hf/c2*1-2-4-5-3-1;1-2-3-4-5;;/h2*1-3H,4H2;2-4H2,1H3;1H;/q;;-1;;+2/p-1. The molecule has 17 heavy (non-hydrogen) atoms. The minimum absolute atomic E-state index is 0. The summed E-state index contributed by atoms with van der Waals surface area (Å²) in [7, 11) is 0. The Morgan fingerprint density at radius 1 is 1.12 bits per heavy atom. The van der Waals surface area contributed by atoms with Crippen LogP contribution in [0.4, 0.5) is 0 Å². The minimum Gasteiger partial charge on any atom is -1.00 e. The van der Waals surface area contributed by atoms with Gasteiger partial charge in [-0.25, -0.2) is 0 Å². The van der Waals surface area contributed by atoms with Gasteiger partial charge in [0.2, 0.25) is 0 Å². The zero-order valence-corrected chi connectivity index (χ0v) is 14.6. The number of unbranched alkanes of at least 4 members (excludes halogenated alkanes) is 1. The third kappa shape index (κ3) is 4.35. The largest absolute Gasteiger partial charge is 1.00 e. The second-order valence-corrected chi connectivity index (χ2v) is 12.2. The van der Waals surface area contributed by atoms with Crippen LogP contribution in [0.3, 0.4) is 0 Å². The van der Waals surface area contributed by atoms with Gasteiger partial charge in [0.25, 0.3) is 0 Å². The van der Waals surface area contributed by atoms with E-state index in [1.807, 2.05) is 0 Å². The van der Waals surface area contributed by atoms with Crippen molar-refractivity contribution >= 4 is 0 Å². The van der Waals surface area contributed by atoms with Gasteiger partial charge in [0.05, 0.1) is 0 Å². The predicted molar refractivity (Wildman–Crippen MR) is 64.5 cm³/mol. The Morgan fingerprint density at radius 3 is 2.12 bits per heavy atom. The van der Waals surface area contributed by atoms with Crippen molar-refractivity contribution < 1.29 is 37.1 Å². The molecule has 0 saturated carbocycles. The predicted octanol–water partition coefficient (Wildman–Crippen LogP) is 1.03. The molecule has 1 nitrogen and oxygen atoms in total. The van der Waals surface area contributed by atoms with Crippen molar-refractivity contribution in [2.75, 3.05) is 6.61 Å². The Labute approximate surface area is 119 Å². The van der Waals surface area contributed by atoms with E-state index >= 15 is 0 Å². The van der Waals surface area contributed by atoms with Gasteiger partial charge in [0.15, 0.2) is 0 Å². The Bertz CT molecular complexity index is 325. The van der Waals surface area contributed by atoms with Gasteiger partial charge in [-0.1, -0.05) is 0 Å². The second-order valence-electron chi connectivity index (χ2n) is 4.18. The van der Waals surface area contributed by atoms with Crippen LogP contribution in [-0.2, 0) is 24.7 Å². The first-order valence-corrected chi connectivity index (χ1v) is 11.2. The maximum Gasteiger partial charge on any atom is -1.00 e. The summed E-state index contributed by atoms with van der Waals surface area (Å²) in [5, 5.41) is 0. The van der Waals surface area contributed by atoms with Crippen LogP contribution in [0.5, 0.6) is 0 Å². The quantitative estimate of drug-likeness (QED) is 0.464. The minimum atomic E-state index is -2.07. The molecule has 92 valence electrons. The van der Waals surface area contributed by atoms with Crippen LogP contribution in [-0.4, -0.2) is 6.61 Å². The van der Waals surface area contributed by atoms with E-state index in [-0.39, 0.29) is 12.4 Å². The molecule has 0 aliphatic heterocycles. The van der Waals surface area contributed by atoms with Crippen molar-refractivity contribution in [1.82, 2.24) is 0 Å². The van der Waals surface area contributed by atoms with Crippen molar-refractivity contribution in [3.63, 3.8) is 0 Å². The molecule has 0 aromatic heterocycles. The van der Waals surface area contributed by atoms with Gasteiger partial charge in [0.1, 0.15) is 0 Å². The molecule has 2 rings (SSSR count). The van der Waals surface area contributed by atoms with Crippen LogP contribution < -0.4 is 12.4 Å². The van der Waals surface area contributed by atoms with Crippen molar-refractivity contribution in [3.8, 4) is 0 Å². The molecule has 0 heterocycles. The number of hydrogen-bond donors (Lipinski definition) is 0. The molecule has 0 N–H and O–H groups in total. The topological polar surface area (TPSA) is 9.23 Å². The van der Waals surface area contributed by atoms with Gasteiger partial charge < -0.3 is 12.4 Å². The van der Waals surface area contributed by atoms with Crippen molar-refractivity contribution in [2.24, 2.45) is 0 Å². The zero-order chi connectivity index (χ0) is 11.2. The Morgan fingerprint density at radius 2 is 1.71 bits per heavy atom. The van der Waals surface area contributed by atoms with Gasteiger partial charge in [0, 0.05) is 0 Å². The average molecular weight is 417 g/mol. The fraction of sp³-hybridized carbons (Fsp3) is 0.429. The number of allylic oxidation sites excluding steroid dienone is 8. The summed E-state index contributed by atoms with van der Waals surface area (Å²) in [4.78, 5) is 0. The summed E-state index contributed by atoms with van der Waals surface area (Å²) in [6, 6.07) is 0. The fourth-order valence-electron chi connectivity index (χ4n) is 1.94. The molecule has 0 spiro atoms. The van der Waals surface area contributed by atoms with Crippen LogP contribution >= 0.6 is 0 Å². The van der Waals surface area contributed by atoms with Crippen molar-refractivity contribution in [1.29, 1.82) is 0 Å². The molecule has 0 amide bonds. The number of rotatable bonds is 6. The van der Waals surface area contributed by atoms with Crippen LogP contribution in [0.1, 0.15) is 32.6 Å². The van der Waals surface area contributed by atoms with Crippen LogP contribution in [0.2, 0.25) is 0 Å². The summed E-state index contributed by atoms with van der Waals surface area (Å²) in [6.45, 7) is 3.19. The monoisotopic (exact) mass is 418 g/mol. The van der Waals surface area contributed by atoms with E-state index in [0.717, 1.165) is 19.4 Å². The van der Waals surface area contributed by atoms with E-state index in [1.54, 1.807) is 6.66 Å². The normalized spacial score (nSPS) is 16.8. The summed E-state index contributed by atoms with van der Waals surface area (Å²) >= 11 is -2.07. The van der Waals surface area contributed by atoms with Gasteiger partial charge in [-0.3, -0.25) is 0 Å². The molecular formula is C14H19ClHfO. The molecule has 3 heteroatoms. The molecule has 0 saturated heterocycles. The molecule has 0 fully saturated rings. The Kier molecular flexibility index (Phi) is 7.33. The molecule has 0 aromatic rings. The van der Waals surface area contributed by atoms with E-state index in [2.05, 4.69) is 43.4 Å². The summed E-state index contributed by atoms with van der Waals surface area (Å²) in [6.07, 6.45) is 18.2. The molecule has 2 aliphatic rings. The molecule has 0 bridgehead atoms. The molecular weight excluding hydrogens is 398 g/mol. The third-order valence-electron chi connectivity index (χ3n) is 2.87. The van der Waals surface area contributed by atoms with E-state index < -0.39 is 21.9 Å². The van der Waals surface area contributed by atoms with Crippen molar-refractivity contribution in [3.05, 3.63) is 43.1 Å². The van der Waals surface area contributed by atoms with E-state index in [9.17, 15) is 0 Å². The molecule has 0 radical (unpaired) electrons. The fourth-order valence-corrected chi connectivity index (χ4v) is 9.97. The number of hydrogen-bond acceptors (Lipinski definition) is 1. The van der Waals surface area contributed by atoms with Gasteiger partial charge in [-0.05, 0) is 0 Å². The SMILES string of the molecule is CCCC[O][Hf+]([C]1=CC=CC1)[C]1=CC=CC1.[Cl-]. The molecule has 2 aliphatic carbocycles. The number of halogens is 1. The van der Waals surface area contributed by atoms with Crippen LogP contribution in [0, 0.1) is 0 Å². The Balaban J connectivity index is 0.00000144. The summed E-state index contributed by atoms with van der Waals surface area (Å²) in [5.74, 6) is 0. The first kappa shape index (κ1) is 15.1.